The number of alkyl carbamates (subject to hydrolysis) is 1. The second-order valence-electron chi connectivity index (χ2n) is 10.7. The normalized spacial score (nSPS) is 10.6. The van der Waals surface area contributed by atoms with Gasteiger partial charge in [-0.05, 0) is 52.0 Å². The molecule has 0 radical (unpaired) electrons. The van der Waals surface area contributed by atoms with Crippen LogP contribution in [0.15, 0.2) is 58.1 Å². The van der Waals surface area contributed by atoms with E-state index < -0.39 is 28.9 Å². The molecule has 2 aromatic heterocycles. The van der Waals surface area contributed by atoms with Crippen molar-refractivity contribution in [1.82, 2.24) is 14.5 Å². The van der Waals surface area contributed by atoms with Crippen molar-refractivity contribution >= 4 is 64.4 Å². The summed E-state index contributed by atoms with van der Waals surface area (Å²) in [6.07, 6.45) is -0.638. The Bertz CT molecular complexity index is 2080. The summed E-state index contributed by atoms with van der Waals surface area (Å²) in [6.45, 7) is 8.53. The van der Waals surface area contributed by atoms with E-state index in [1.165, 1.54) is 19.2 Å². The molecular formula is C36H38Cl4N4O8. The molecule has 12 nitrogen and oxygen atoms in total. The molecule has 0 aliphatic rings. The number of hydrogen-bond donors (Lipinski definition) is 2. The van der Waals surface area contributed by atoms with Gasteiger partial charge in [0.15, 0.2) is 10.9 Å². The van der Waals surface area contributed by atoms with Gasteiger partial charge in [0.1, 0.15) is 11.1 Å². The number of hydrogen-bond acceptors (Lipinski definition) is 9. The zero-order chi connectivity index (χ0) is 38.7. The average Bonchev–Trinajstić information content (AvgIpc) is 3.12. The van der Waals surface area contributed by atoms with E-state index >= 15 is 0 Å². The quantitative estimate of drug-likeness (QED) is 0.117. The summed E-state index contributed by atoms with van der Waals surface area (Å²) in [5.74, 6) is -1.41. The Morgan fingerprint density at radius 2 is 1.10 bits per heavy atom. The first-order chi connectivity index (χ1) is 24.8. The molecule has 0 saturated carbocycles. The molecule has 3 N–H and O–H groups in total. The molecule has 16 heteroatoms. The first kappa shape index (κ1) is 42.1. The van der Waals surface area contributed by atoms with Gasteiger partial charge in [-0.25, -0.2) is 14.4 Å². The lowest BCUT2D eigenvalue weighted by molar-refractivity contribution is 0.0515. The van der Waals surface area contributed by atoms with E-state index in [4.69, 9.17) is 61.6 Å². The lowest BCUT2D eigenvalue weighted by Crippen LogP contribution is -2.29. The lowest BCUT2D eigenvalue weighted by Gasteiger charge is -2.20. The number of nitrogens with two attached hydrogens (primary N) is 1. The maximum Gasteiger partial charge on any atom is 0.407 e. The highest BCUT2D eigenvalue weighted by atomic mass is 35.5. The molecule has 0 aliphatic heterocycles. The number of halogens is 4. The number of carbonyl (C=O) groups is 3. The summed E-state index contributed by atoms with van der Waals surface area (Å²) in [6, 6.07) is 12.4. The Labute approximate surface area is 320 Å². The van der Waals surface area contributed by atoms with E-state index in [0.29, 0.717) is 62.1 Å². The maximum atomic E-state index is 12.8. The number of rotatable bonds is 11. The van der Waals surface area contributed by atoms with E-state index in [2.05, 4.69) is 10.1 Å². The Morgan fingerprint density at radius 1 is 0.673 bits per heavy atom. The minimum atomic E-state index is -0.733. The van der Waals surface area contributed by atoms with Gasteiger partial charge < -0.3 is 34.4 Å². The van der Waals surface area contributed by atoms with Crippen LogP contribution in [0.3, 0.4) is 0 Å². The van der Waals surface area contributed by atoms with Gasteiger partial charge in [0.05, 0.1) is 58.3 Å². The number of nitrogens with zero attached hydrogens (tertiary/aromatic N) is 2. The van der Waals surface area contributed by atoms with Crippen molar-refractivity contribution in [2.24, 2.45) is 5.73 Å². The van der Waals surface area contributed by atoms with Gasteiger partial charge in [-0.3, -0.25) is 9.59 Å². The molecular weight excluding hydrogens is 758 g/mol. The number of carbonyl (C=O) groups excluding carboxylic acids is 3. The standard InChI is InChI=1S/C19H20Cl2N2O5.C17H18Cl2N2O3/c1-4-23-12(10-22-19(26)27-3)9-15(24)16(18(25)28-5-2)17(23)11-6-7-13(20)14(21)8-11;1-3-21-11(9-20)8-14(22)15(17(23)24-4-2)16(21)10-5-6-12(18)13(19)7-10/h6-9H,4-5,10H2,1-3H3,(H,22,26);5-8H,3-4,9,20H2,1-2H3. The number of nitrogens with one attached hydrogen (secondary N) is 1. The van der Waals surface area contributed by atoms with Crippen molar-refractivity contribution in [1.29, 1.82) is 0 Å². The molecule has 0 bridgehead atoms. The van der Waals surface area contributed by atoms with Crippen LogP contribution in [0.25, 0.3) is 22.5 Å². The third-order valence-corrected chi connectivity index (χ3v) is 9.06. The number of ether oxygens (including phenoxy) is 3. The minimum Gasteiger partial charge on any atom is -0.462 e. The second kappa shape index (κ2) is 19.5. The third kappa shape index (κ3) is 9.75. The second-order valence-corrected chi connectivity index (χ2v) is 12.3. The van der Waals surface area contributed by atoms with Crippen molar-refractivity contribution < 1.29 is 28.6 Å². The topological polar surface area (TPSA) is 161 Å². The van der Waals surface area contributed by atoms with Crippen LogP contribution in [-0.2, 0) is 40.4 Å². The first-order valence-corrected chi connectivity index (χ1v) is 17.6. The van der Waals surface area contributed by atoms with Gasteiger partial charge in [0.25, 0.3) is 0 Å². The molecule has 2 aromatic carbocycles. The van der Waals surface area contributed by atoms with E-state index in [0.717, 1.165) is 0 Å². The molecule has 0 aliphatic carbocycles. The van der Waals surface area contributed by atoms with Gasteiger partial charge in [-0.15, -0.1) is 0 Å². The van der Waals surface area contributed by atoms with E-state index in [-0.39, 0.29) is 42.5 Å². The number of amides is 1. The summed E-state index contributed by atoms with van der Waals surface area (Å²) in [5, 5.41) is 3.88. The van der Waals surface area contributed by atoms with Crippen LogP contribution in [0.5, 0.6) is 0 Å². The highest BCUT2D eigenvalue weighted by Crippen LogP contribution is 2.32. The van der Waals surface area contributed by atoms with Gasteiger partial charge in [0.2, 0.25) is 0 Å². The van der Waals surface area contributed by atoms with E-state index in [1.807, 2.05) is 18.4 Å². The Morgan fingerprint density at radius 3 is 1.46 bits per heavy atom. The molecule has 0 spiro atoms. The third-order valence-electron chi connectivity index (χ3n) is 7.58. The molecule has 278 valence electrons. The highest BCUT2D eigenvalue weighted by molar-refractivity contribution is 6.42. The van der Waals surface area contributed by atoms with Gasteiger partial charge in [-0.1, -0.05) is 58.5 Å². The van der Waals surface area contributed by atoms with Crippen molar-refractivity contribution in [2.45, 2.75) is 53.9 Å². The minimum absolute atomic E-state index is 0.0331. The van der Waals surface area contributed by atoms with E-state index in [9.17, 15) is 24.0 Å². The van der Waals surface area contributed by atoms with Gasteiger partial charge >= 0.3 is 18.0 Å². The van der Waals surface area contributed by atoms with Crippen LogP contribution in [0.2, 0.25) is 20.1 Å². The summed E-state index contributed by atoms with van der Waals surface area (Å²) in [5.41, 5.74) is 7.68. The first-order valence-electron chi connectivity index (χ1n) is 16.1. The van der Waals surface area contributed by atoms with E-state index in [1.54, 1.807) is 54.8 Å². The maximum absolute atomic E-state index is 12.8. The van der Waals surface area contributed by atoms with Crippen LogP contribution in [-0.4, -0.2) is 47.5 Å². The summed E-state index contributed by atoms with van der Waals surface area (Å²) >= 11 is 24.2. The zero-order valence-electron chi connectivity index (χ0n) is 29.1. The van der Waals surface area contributed by atoms with Gasteiger partial charge in [-0.2, -0.15) is 0 Å². The van der Waals surface area contributed by atoms with Crippen molar-refractivity contribution in [3.8, 4) is 22.5 Å². The molecule has 1 amide bonds. The predicted octanol–water partition coefficient (Wildman–Crippen LogP) is 7.35. The molecule has 0 fully saturated rings. The van der Waals surface area contributed by atoms with Crippen LogP contribution in [0.1, 0.15) is 59.8 Å². The molecule has 2 heterocycles. The number of pyridine rings is 2. The number of benzene rings is 2. The fourth-order valence-corrected chi connectivity index (χ4v) is 5.95. The molecule has 52 heavy (non-hydrogen) atoms. The monoisotopic (exact) mass is 794 g/mol. The Balaban J connectivity index is 0.000000284. The SMILES string of the molecule is CCOC(=O)c1c(-c2ccc(Cl)c(Cl)c2)n(CC)c(CN)cc1=O.CCOC(=O)c1c(-c2ccc(Cl)c(Cl)c2)n(CC)c(CNC(=O)OC)cc1=O. The van der Waals surface area contributed by atoms with Crippen molar-refractivity contribution in [3.63, 3.8) is 0 Å². The Kier molecular flexibility index (Phi) is 15.8. The molecule has 0 unspecified atom stereocenters. The summed E-state index contributed by atoms with van der Waals surface area (Å²) in [4.78, 5) is 61.6. The molecule has 0 atom stereocenters. The predicted molar refractivity (Wildman–Crippen MR) is 203 cm³/mol. The number of aromatic nitrogens is 2. The van der Waals surface area contributed by atoms with Crippen molar-refractivity contribution in [3.05, 3.63) is 112 Å². The molecule has 4 rings (SSSR count). The smallest absolute Gasteiger partial charge is 0.407 e. The molecule has 0 saturated heterocycles. The highest BCUT2D eigenvalue weighted by Gasteiger charge is 2.25. The van der Waals surface area contributed by atoms with Gasteiger partial charge in [0, 0.05) is 54.3 Å². The van der Waals surface area contributed by atoms with Crippen molar-refractivity contribution in [2.75, 3.05) is 20.3 Å². The fraction of sp³-hybridized carbons (Fsp3) is 0.306. The fourth-order valence-electron chi connectivity index (χ4n) is 5.35. The summed E-state index contributed by atoms with van der Waals surface area (Å²) < 4.78 is 18.3. The van der Waals surface area contributed by atoms with Crippen LogP contribution in [0.4, 0.5) is 4.79 Å². The number of esters is 2. The van der Waals surface area contributed by atoms with Crippen LogP contribution >= 0.6 is 46.4 Å². The Hall–Kier alpha value is -4.33. The van der Waals surface area contributed by atoms with Crippen LogP contribution in [0, 0.1) is 0 Å². The number of methoxy groups -OCH3 is 1. The van der Waals surface area contributed by atoms with Crippen LogP contribution < -0.4 is 21.9 Å². The largest absolute Gasteiger partial charge is 0.462 e. The zero-order valence-corrected chi connectivity index (χ0v) is 32.1. The summed E-state index contributed by atoms with van der Waals surface area (Å²) in [7, 11) is 1.24. The lowest BCUT2D eigenvalue weighted by atomic mass is 10.0. The average molecular weight is 797 g/mol. The molecule has 4 aromatic rings.